The van der Waals surface area contributed by atoms with Gasteiger partial charge in [0.2, 0.25) is 10.0 Å². The molecule has 1 aromatic rings. The normalized spacial score (nSPS) is 11.8. The van der Waals surface area contributed by atoms with Gasteiger partial charge in [0.1, 0.15) is 12.4 Å². The Morgan fingerprint density at radius 3 is 2.50 bits per heavy atom. The van der Waals surface area contributed by atoms with Gasteiger partial charge in [0.05, 0.1) is 4.90 Å². The van der Waals surface area contributed by atoms with Crippen LogP contribution in [0.15, 0.2) is 23.1 Å². The maximum absolute atomic E-state index is 12.0. The first-order chi connectivity index (χ1) is 8.43. The molecule has 0 fully saturated rings. The number of hydrogen-bond acceptors (Lipinski definition) is 4. The summed E-state index contributed by atoms with van der Waals surface area (Å²) in [5, 5.41) is 0. The van der Waals surface area contributed by atoms with Gasteiger partial charge in [-0.2, -0.15) is 0 Å². The van der Waals surface area contributed by atoms with E-state index in [9.17, 15) is 8.42 Å². The molecule has 0 aliphatic carbocycles. The number of nitrogens with two attached hydrogens (primary N) is 1. The molecule has 102 valence electrons. The summed E-state index contributed by atoms with van der Waals surface area (Å²) < 4.78 is 30.6. The van der Waals surface area contributed by atoms with Crippen molar-refractivity contribution in [3.63, 3.8) is 0 Å². The SMILES string of the molecule is CCc1cc(S(=O)(=O)N(C)C)ccc1OCCN. The highest BCUT2D eigenvalue weighted by atomic mass is 32.2. The van der Waals surface area contributed by atoms with Crippen molar-refractivity contribution >= 4 is 10.0 Å². The van der Waals surface area contributed by atoms with E-state index in [0.29, 0.717) is 25.3 Å². The molecule has 0 unspecified atom stereocenters. The van der Waals surface area contributed by atoms with Gasteiger partial charge in [0, 0.05) is 20.6 Å². The molecule has 5 nitrogen and oxygen atoms in total. The second kappa shape index (κ2) is 6.17. The van der Waals surface area contributed by atoms with Gasteiger partial charge in [0.25, 0.3) is 0 Å². The fraction of sp³-hybridized carbons (Fsp3) is 0.500. The molecule has 0 atom stereocenters. The highest BCUT2D eigenvalue weighted by Gasteiger charge is 2.18. The second-order valence-electron chi connectivity index (χ2n) is 4.05. The summed E-state index contributed by atoms with van der Waals surface area (Å²) in [4.78, 5) is 0.282. The van der Waals surface area contributed by atoms with Gasteiger partial charge in [0.15, 0.2) is 0 Å². The molecule has 0 spiro atoms. The van der Waals surface area contributed by atoms with Crippen molar-refractivity contribution in [2.24, 2.45) is 5.73 Å². The van der Waals surface area contributed by atoms with Crippen LogP contribution in [0.3, 0.4) is 0 Å². The van der Waals surface area contributed by atoms with Gasteiger partial charge in [-0.15, -0.1) is 0 Å². The molecule has 0 heterocycles. The summed E-state index contributed by atoms with van der Waals surface area (Å²) in [5.41, 5.74) is 6.25. The van der Waals surface area contributed by atoms with E-state index >= 15 is 0 Å². The Morgan fingerprint density at radius 2 is 2.00 bits per heavy atom. The monoisotopic (exact) mass is 272 g/mol. The zero-order valence-electron chi connectivity index (χ0n) is 11.0. The Bertz CT molecular complexity index is 498. The Kier molecular flexibility index (Phi) is 5.13. The average Bonchev–Trinajstić information content (AvgIpc) is 2.35. The largest absolute Gasteiger partial charge is 0.492 e. The molecule has 0 radical (unpaired) electrons. The highest BCUT2D eigenvalue weighted by Crippen LogP contribution is 2.24. The van der Waals surface area contributed by atoms with Crippen molar-refractivity contribution in [3.8, 4) is 5.75 Å². The minimum Gasteiger partial charge on any atom is -0.492 e. The minimum atomic E-state index is -3.39. The van der Waals surface area contributed by atoms with Crippen molar-refractivity contribution in [1.82, 2.24) is 4.31 Å². The summed E-state index contributed by atoms with van der Waals surface area (Å²) >= 11 is 0. The number of rotatable bonds is 6. The van der Waals surface area contributed by atoms with Gasteiger partial charge in [-0.25, -0.2) is 12.7 Å². The quantitative estimate of drug-likeness (QED) is 0.833. The highest BCUT2D eigenvalue weighted by molar-refractivity contribution is 7.89. The van der Waals surface area contributed by atoms with Gasteiger partial charge < -0.3 is 10.5 Å². The number of benzene rings is 1. The lowest BCUT2D eigenvalue weighted by molar-refractivity contribution is 0.325. The average molecular weight is 272 g/mol. The van der Waals surface area contributed by atoms with Gasteiger partial charge >= 0.3 is 0 Å². The summed E-state index contributed by atoms with van der Waals surface area (Å²) in [7, 11) is -0.366. The summed E-state index contributed by atoms with van der Waals surface area (Å²) in [5.74, 6) is 0.695. The Balaban J connectivity index is 3.13. The van der Waals surface area contributed by atoms with Crippen LogP contribution in [0, 0.1) is 0 Å². The molecule has 0 saturated carbocycles. The zero-order valence-corrected chi connectivity index (χ0v) is 11.8. The first kappa shape index (κ1) is 14.9. The fourth-order valence-corrected chi connectivity index (χ4v) is 2.47. The number of hydrogen-bond donors (Lipinski definition) is 1. The van der Waals surface area contributed by atoms with E-state index in [2.05, 4.69) is 0 Å². The van der Waals surface area contributed by atoms with E-state index in [4.69, 9.17) is 10.5 Å². The van der Waals surface area contributed by atoms with Crippen molar-refractivity contribution in [3.05, 3.63) is 23.8 Å². The van der Waals surface area contributed by atoms with E-state index in [0.717, 1.165) is 5.56 Å². The molecule has 0 aromatic heterocycles. The molecule has 2 N–H and O–H groups in total. The second-order valence-corrected chi connectivity index (χ2v) is 6.20. The van der Waals surface area contributed by atoms with Crippen molar-refractivity contribution in [2.75, 3.05) is 27.2 Å². The molecule has 1 aromatic carbocycles. The Morgan fingerprint density at radius 1 is 1.33 bits per heavy atom. The molecular weight excluding hydrogens is 252 g/mol. The van der Waals surface area contributed by atoms with Crippen LogP contribution in [0.25, 0.3) is 0 Å². The molecule has 0 saturated heterocycles. The van der Waals surface area contributed by atoms with E-state index in [-0.39, 0.29) is 4.90 Å². The van der Waals surface area contributed by atoms with Crippen molar-refractivity contribution in [1.29, 1.82) is 0 Å². The van der Waals surface area contributed by atoms with E-state index in [1.165, 1.54) is 18.4 Å². The number of aryl methyl sites for hydroxylation is 1. The summed E-state index contributed by atoms with van der Waals surface area (Å²) in [6.45, 7) is 2.81. The first-order valence-corrected chi connectivity index (χ1v) is 7.25. The maximum Gasteiger partial charge on any atom is 0.242 e. The predicted molar refractivity (Wildman–Crippen MR) is 71.2 cm³/mol. The molecule has 18 heavy (non-hydrogen) atoms. The fourth-order valence-electron chi connectivity index (χ4n) is 1.51. The topological polar surface area (TPSA) is 72.6 Å². The molecule has 0 bridgehead atoms. The van der Waals surface area contributed by atoms with Crippen LogP contribution in [0.2, 0.25) is 0 Å². The number of sulfonamides is 1. The summed E-state index contributed by atoms with van der Waals surface area (Å²) in [6, 6.07) is 4.90. The summed E-state index contributed by atoms with van der Waals surface area (Å²) in [6.07, 6.45) is 0.705. The molecule has 0 aliphatic heterocycles. The molecule has 0 aliphatic rings. The third-order valence-electron chi connectivity index (χ3n) is 2.57. The van der Waals surface area contributed by atoms with Crippen molar-refractivity contribution in [2.45, 2.75) is 18.2 Å². The standard InChI is InChI=1S/C12H20N2O3S/c1-4-10-9-11(18(15,16)14(2)3)5-6-12(10)17-8-7-13/h5-6,9H,4,7-8,13H2,1-3H3. The first-order valence-electron chi connectivity index (χ1n) is 5.81. The van der Waals surface area contributed by atoms with Crippen LogP contribution >= 0.6 is 0 Å². The molecule has 0 amide bonds. The van der Waals surface area contributed by atoms with Crippen LogP contribution in [0.5, 0.6) is 5.75 Å². The van der Waals surface area contributed by atoms with Crippen LogP contribution in [0.1, 0.15) is 12.5 Å². The molecular formula is C12H20N2O3S. The third kappa shape index (κ3) is 3.22. The van der Waals surface area contributed by atoms with E-state index in [1.807, 2.05) is 6.92 Å². The lowest BCUT2D eigenvalue weighted by atomic mass is 10.1. The molecule has 6 heteroatoms. The smallest absolute Gasteiger partial charge is 0.242 e. The van der Waals surface area contributed by atoms with Gasteiger partial charge in [-0.05, 0) is 30.2 Å². The van der Waals surface area contributed by atoms with Crippen LogP contribution in [-0.4, -0.2) is 40.0 Å². The van der Waals surface area contributed by atoms with Crippen molar-refractivity contribution < 1.29 is 13.2 Å². The van der Waals surface area contributed by atoms with Gasteiger partial charge in [-0.1, -0.05) is 6.92 Å². The number of nitrogens with zero attached hydrogens (tertiary/aromatic N) is 1. The third-order valence-corrected chi connectivity index (χ3v) is 4.38. The predicted octanol–water partition coefficient (Wildman–Crippen LogP) is 0.837. The van der Waals surface area contributed by atoms with Gasteiger partial charge in [-0.3, -0.25) is 0 Å². The Hall–Kier alpha value is -1.11. The Labute approximate surface area is 109 Å². The van der Waals surface area contributed by atoms with Crippen LogP contribution in [0.4, 0.5) is 0 Å². The maximum atomic E-state index is 12.0. The van der Waals surface area contributed by atoms with Crippen LogP contribution in [-0.2, 0) is 16.4 Å². The lowest BCUT2D eigenvalue weighted by Crippen LogP contribution is -2.22. The van der Waals surface area contributed by atoms with E-state index in [1.54, 1.807) is 18.2 Å². The lowest BCUT2D eigenvalue weighted by Gasteiger charge is -2.14. The molecule has 1 rings (SSSR count). The van der Waals surface area contributed by atoms with E-state index < -0.39 is 10.0 Å². The zero-order chi connectivity index (χ0) is 13.8. The minimum absolute atomic E-state index is 0.282. The van der Waals surface area contributed by atoms with Crippen LogP contribution < -0.4 is 10.5 Å². The number of ether oxygens (including phenoxy) is 1.